The molecule has 0 saturated carbocycles. The minimum atomic E-state index is -0.651. The number of esters is 1. The van der Waals surface area contributed by atoms with Gasteiger partial charge in [0.15, 0.2) is 29.6 Å². The van der Waals surface area contributed by atoms with Crippen LogP contribution in [0.15, 0.2) is 60.0 Å². The molecule has 2 aromatic carbocycles. The van der Waals surface area contributed by atoms with Crippen molar-refractivity contribution in [1.29, 1.82) is 0 Å². The SMILES string of the molecule is COc1cccc(/C=C/C(=O)OCC(=O)N(Cc2cccs2)c2ccc3c(c2)OCCO3)c1OC. The van der Waals surface area contributed by atoms with Gasteiger partial charge >= 0.3 is 5.97 Å². The van der Waals surface area contributed by atoms with Crippen LogP contribution in [-0.2, 0) is 20.9 Å². The number of amides is 1. The second-order valence-corrected chi connectivity index (χ2v) is 8.44. The Balaban J connectivity index is 1.45. The fourth-order valence-corrected chi connectivity index (χ4v) is 4.23. The van der Waals surface area contributed by atoms with E-state index in [1.807, 2.05) is 17.5 Å². The Kier molecular flexibility index (Phi) is 7.89. The first-order valence-electron chi connectivity index (χ1n) is 10.9. The molecule has 0 unspecified atom stereocenters. The first-order chi connectivity index (χ1) is 17.1. The van der Waals surface area contributed by atoms with E-state index in [4.69, 9.17) is 23.7 Å². The molecule has 0 aliphatic carbocycles. The van der Waals surface area contributed by atoms with Crippen LogP contribution in [-0.4, -0.2) is 45.9 Å². The number of thiophene rings is 1. The van der Waals surface area contributed by atoms with Gasteiger partial charge < -0.3 is 28.6 Å². The number of methoxy groups -OCH3 is 2. The summed E-state index contributed by atoms with van der Waals surface area (Å²) in [5.74, 6) is 1.23. The zero-order valence-electron chi connectivity index (χ0n) is 19.4. The third-order valence-electron chi connectivity index (χ3n) is 5.20. The highest BCUT2D eigenvalue weighted by atomic mass is 32.1. The Labute approximate surface area is 207 Å². The largest absolute Gasteiger partial charge is 0.493 e. The van der Waals surface area contributed by atoms with Crippen LogP contribution in [0.4, 0.5) is 5.69 Å². The summed E-state index contributed by atoms with van der Waals surface area (Å²) in [5.41, 5.74) is 1.27. The molecule has 0 radical (unpaired) electrons. The van der Waals surface area contributed by atoms with Gasteiger partial charge in [-0.2, -0.15) is 0 Å². The van der Waals surface area contributed by atoms with Crippen molar-refractivity contribution in [3.05, 3.63) is 70.4 Å². The van der Waals surface area contributed by atoms with Crippen LogP contribution < -0.4 is 23.8 Å². The summed E-state index contributed by atoms with van der Waals surface area (Å²) >= 11 is 1.54. The summed E-state index contributed by atoms with van der Waals surface area (Å²) in [6.07, 6.45) is 2.80. The van der Waals surface area contributed by atoms with Crippen LogP contribution in [0.2, 0.25) is 0 Å². The monoisotopic (exact) mass is 495 g/mol. The first-order valence-corrected chi connectivity index (χ1v) is 11.7. The zero-order valence-corrected chi connectivity index (χ0v) is 20.2. The molecular weight excluding hydrogens is 470 g/mol. The van der Waals surface area contributed by atoms with Gasteiger partial charge in [0.05, 0.1) is 20.8 Å². The van der Waals surface area contributed by atoms with Crippen molar-refractivity contribution < 1.29 is 33.3 Å². The van der Waals surface area contributed by atoms with Gasteiger partial charge in [-0.25, -0.2) is 4.79 Å². The maximum atomic E-state index is 13.1. The smallest absolute Gasteiger partial charge is 0.331 e. The van der Waals surface area contributed by atoms with E-state index < -0.39 is 12.6 Å². The van der Waals surface area contributed by atoms with Crippen molar-refractivity contribution in [3.8, 4) is 23.0 Å². The number of rotatable bonds is 9. The minimum Gasteiger partial charge on any atom is -0.493 e. The lowest BCUT2D eigenvalue weighted by atomic mass is 10.1. The number of carbonyl (C=O) groups is 2. The number of fused-ring (bicyclic) bond motifs is 1. The number of nitrogens with zero attached hydrogens (tertiary/aromatic N) is 1. The summed E-state index contributed by atoms with van der Waals surface area (Å²) < 4.78 is 27.1. The van der Waals surface area contributed by atoms with E-state index in [0.717, 1.165) is 4.88 Å². The Morgan fingerprint density at radius 3 is 2.60 bits per heavy atom. The van der Waals surface area contributed by atoms with Gasteiger partial charge in [-0.05, 0) is 35.7 Å². The second kappa shape index (κ2) is 11.4. The van der Waals surface area contributed by atoms with Gasteiger partial charge in [0.25, 0.3) is 5.91 Å². The van der Waals surface area contributed by atoms with Crippen molar-refractivity contribution in [2.24, 2.45) is 0 Å². The number of anilines is 1. The highest BCUT2D eigenvalue weighted by molar-refractivity contribution is 7.09. The van der Waals surface area contributed by atoms with Crippen LogP contribution in [0, 0.1) is 0 Å². The van der Waals surface area contributed by atoms with Gasteiger partial charge in [-0.3, -0.25) is 4.79 Å². The topological polar surface area (TPSA) is 83.5 Å². The summed E-state index contributed by atoms with van der Waals surface area (Å²) in [5, 5.41) is 1.94. The molecule has 1 amide bonds. The lowest BCUT2D eigenvalue weighted by molar-refractivity contribution is -0.142. The molecule has 3 aromatic rings. The minimum absolute atomic E-state index is 0.338. The fraction of sp³-hybridized carbons (Fsp3) is 0.231. The summed E-state index contributed by atoms with van der Waals surface area (Å²) in [7, 11) is 3.06. The molecule has 182 valence electrons. The molecule has 2 heterocycles. The number of para-hydroxylation sites is 1. The lowest BCUT2D eigenvalue weighted by Gasteiger charge is -2.25. The lowest BCUT2D eigenvalue weighted by Crippen LogP contribution is -2.34. The molecule has 1 aliphatic rings. The van der Waals surface area contributed by atoms with E-state index in [9.17, 15) is 9.59 Å². The zero-order chi connectivity index (χ0) is 24.6. The molecule has 9 heteroatoms. The predicted octanol–water partition coefficient (Wildman–Crippen LogP) is 4.33. The number of ether oxygens (including phenoxy) is 5. The molecule has 0 spiro atoms. The second-order valence-electron chi connectivity index (χ2n) is 7.41. The molecular formula is C26H25NO7S. The van der Waals surface area contributed by atoms with Gasteiger partial charge in [0, 0.05) is 28.3 Å². The van der Waals surface area contributed by atoms with Crippen LogP contribution in [0.3, 0.4) is 0 Å². The standard InChI is InChI=1S/C26H25NO7S/c1-30-22-7-3-5-18(26(22)31-2)8-11-25(29)34-17-24(28)27(16-20-6-4-14-35-20)19-9-10-21-23(15-19)33-13-12-32-21/h3-11,14-15H,12-13,16-17H2,1-2H3/b11-8+. The molecule has 8 nitrogen and oxygen atoms in total. The Morgan fingerprint density at radius 2 is 1.86 bits per heavy atom. The molecule has 35 heavy (non-hydrogen) atoms. The van der Waals surface area contributed by atoms with Gasteiger partial charge in [0.2, 0.25) is 0 Å². The number of carbonyl (C=O) groups excluding carboxylic acids is 2. The summed E-state index contributed by atoms with van der Waals surface area (Å²) in [6, 6.07) is 14.5. The quantitative estimate of drug-likeness (QED) is 0.323. The van der Waals surface area contributed by atoms with Crippen molar-refractivity contribution >= 4 is 35.0 Å². The molecule has 4 rings (SSSR count). The molecule has 0 atom stereocenters. The summed E-state index contributed by atoms with van der Waals surface area (Å²) in [4.78, 5) is 28.0. The average molecular weight is 496 g/mol. The van der Waals surface area contributed by atoms with Crippen LogP contribution in [0.5, 0.6) is 23.0 Å². The van der Waals surface area contributed by atoms with E-state index >= 15 is 0 Å². The Morgan fingerprint density at radius 1 is 1.03 bits per heavy atom. The average Bonchev–Trinajstić information content (AvgIpc) is 3.42. The van der Waals surface area contributed by atoms with Gasteiger partial charge in [0.1, 0.15) is 13.2 Å². The molecule has 0 bridgehead atoms. The van der Waals surface area contributed by atoms with E-state index in [2.05, 4.69) is 0 Å². The van der Waals surface area contributed by atoms with Gasteiger partial charge in [-0.15, -0.1) is 11.3 Å². The van der Waals surface area contributed by atoms with E-state index in [0.29, 0.717) is 54.0 Å². The van der Waals surface area contributed by atoms with E-state index in [1.165, 1.54) is 31.6 Å². The van der Waals surface area contributed by atoms with Crippen LogP contribution in [0.25, 0.3) is 6.08 Å². The summed E-state index contributed by atoms with van der Waals surface area (Å²) in [6.45, 7) is 0.843. The normalized spacial score (nSPS) is 12.3. The Bertz CT molecular complexity index is 1210. The van der Waals surface area contributed by atoms with Crippen molar-refractivity contribution in [2.75, 3.05) is 38.9 Å². The predicted molar refractivity (Wildman–Crippen MR) is 132 cm³/mol. The molecule has 0 saturated heterocycles. The van der Waals surface area contributed by atoms with Crippen molar-refractivity contribution in [2.45, 2.75) is 6.54 Å². The molecule has 1 aliphatic heterocycles. The van der Waals surface area contributed by atoms with E-state index in [-0.39, 0.29) is 5.91 Å². The maximum Gasteiger partial charge on any atom is 0.331 e. The highest BCUT2D eigenvalue weighted by Crippen LogP contribution is 2.35. The van der Waals surface area contributed by atoms with Crippen molar-refractivity contribution in [3.63, 3.8) is 0 Å². The number of hydrogen-bond donors (Lipinski definition) is 0. The van der Waals surface area contributed by atoms with Crippen LogP contribution in [0.1, 0.15) is 10.4 Å². The van der Waals surface area contributed by atoms with Crippen molar-refractivity contribution in [1.82, 2.24) is 0 Å². The third-order valence-corrected chi connectivity index (χ3v) is 6.06. The highest BCUT2D eigenvalue weighted by Gasteiger charge is 2.21. The molecule has 0 fully saturated rings. The van der Waals surface area contributed by atoms with Gasteiger partial charge in [-0.1, -0.05) is 18.2 Å². The van der Waals surface area contributed by atoms with E-state index in [1.54, 1.807) is 47.4 Å². The third kappa shape index (κ3) is 5.93. The molecule has 1 aromatic heterocycles. The maximum absolute atomic E-state index is 13.1. The fourth-order valence-electron chi connectivity index (χ4n) is 3.54. The number of hydrogen-bond acceptors (Lipinski definition) is 8. The number of benzene rings is 2. The molecule has 0 N–H and O–H groups in total. The van der Waals surface area contributed by atoms with Crippen LogP contribution >= 0.6 is 11.3 Å². The Hall–Kier alpha value is -3.98. The first kappa shape index (κ1) is 24.2.